The largest absolute Gasteiger partial charge is 0.373 e. The van der Waals surface area contributed by atoms with Crippen molar-refractivity contribution in [3.05, 3.63) is 52.3 Å². The quantitative estimate of drug-likeness (QED) is 0.335. The van der Waals surface area contributed by atoms with Gasteiger partial charge in [-0.15, -0.1) is 24.0 Å². The van der Waals surface area contributed by atoms with Crippen LogP contribution in [0.25, 0.3) is 0 Å². The highest BCUT2D eigenvalue weighted by Gasteiger charge is 2.22. The lowest BCUT2D eigenvalue weighted by Gasteiger charge is -2.35. The Balaban J connectivity index is 0.00000341. The van der Waals surface area contributed by atoms with Gasteiger partial charge in [0.05, 0.1) is 17.9 Å². The van der Waals surface area contributed by atoms with Gasteiger partial charge in [0.25, 0.3) is 0 Å². The Kier molecular flexibility index (Phi) is 9.77. The van der Waals surface area contributed by atoms with Crippen LogP contribution in [-0.4, -0.2) is 53.0 Å². The molecule has 2 unspecified atom stereocenters. The molecule has 1 aromatic heterocycles. The Bertz CT molecular complexity index is 871. The van der Waals surface area contributed by atoms with Gasteiger partial charge in [-0.1, -0.05) is 24.3 Å². The third-order valence-corrected chi connectivity index (χ3v) is 5.77. The molecule has 0 saturated carbocycles. The van der Waals surface area contributed by atoms with Crippen molar-refractivity contribution in [1.82, 2.24) is 25.3 Å². The van der Waals surface area contributed by atoms with Crippen molar-refractivity contribution in [3.63, 3.8) is 0 Å². The maximum atomic E-state index is 5.88. The number of aliphatic imine (C=N–C) groups is 1. The van der Waals surface area contributed by atoms with Gasteiger partial charge in [-0.2, -0.15) is 5.10 Å². The number of ether oxygens (including phenoxy) is 1. The number of guanidine groups is 1. The van der Waals surface area contributed by atoms with E-state index in [2.05, 4.69) is 70.7 Å². The molecule has 7 nitrogen and oxygen atoms in total. The molecule has 8 heteroatoms. The number of benzene rings is 1. The first-order valence-corrected chi connectivity index (χ1v) is 10.8. The van der Waals surface area contributed by atoms with E-state index in [1.807, 2.05) is 18.7 Å². The van der Waals surface area contributed by atoms with Gasteiger partial charge >= 0.3 is 0 Å². The van der Waals surface area contributed by atoms with E-state index in [1.54, 1.807) is 7.05 Å². The lowest BCUT2D eigenvalue weighted by molar-refractivity contribution is -0.0705. The molecule has 2 aromatic rings. The van der Waals surface area contributed by atoms with Crippen LogP contribution in [-0.2, 0) is 31.4 Å². The molecule has 2 N–H and O–H groups in total. The van der Waals surface area contributed by atoms with Crippen molar-refractivity contribution >= 4 is 29.9 Å². The topological polar surface area (TPSA) is 66.7 Å². The first kappa shape index (κ1) is 25.6. The summed E-state index contributed by atoms with van der Waals surface area (Å²) in [6, 6.07) is 8.63. The molecule has 1 fully saturated rings. The van der Waals surface area contributed by atoms with Crippen molar-refractivity contribution in [2.45, 2.75) is 59.5 Å². The van der Waals surface area contributed by atoms with Crippen molar-refractivity contribution in [2.75, 3.05) is 20.1 Å². The van der Waals surface area contributed by atoms with Crippen LogP contribution in [0.5, 0.6) is 0 Å². The predicted molar refractivity (Wildman–Crippen MR) is 137 cm³/mol. The van der Waals surface area contributed by atoms with Gasteiger partial charge in [0.1, 0.15) is 0 Å². The fourth-order valence-corrected chi connectivity index (χ4v) is 4.18. The van der Waals surface area contributed by atoms with Gasteiger partial charge in [0.2, 0.25) is 0 Å². The van der Waals surface area contributed by atoms with E-state index in [9.17, 15) is 0 Å². The standard InChI is InChI=1S/C23H36N6O.HI/c1-16-13-29(14-17(2)30-16)15-21-10-8-7-9-20(21)11-25-23(24-5)26-12-22-18(3)27-28(6)19(22)4;/h7-10,16-17H,11-15H2,1-6H3,(H2,24,25,26);1H. The van der Waals surface area contributed by atoms with Gasteiger partial charge in [0, 0.05) is 58.1 Å². The van der Waals surface area contributed by atoms with Crippen molar-refractivity contribution in [2.24, 2.45) is 12.0 Å². The minimum Gasteiger partial charge on any atom is -0.373 e. The zero-order chi connectivity index (χ0) is 21.7. The molecular formula is C23H37IN6O. The molecule has 2 heterocycles. The molecule has 31 heavy (non-hydrogen) atoms. The summed E-state index contributed by atoms with van der Waals surface area (Å²) in [5.41, 5.74) is 6.09. The third kappa shape index (κ3) is 6.92. The summed E-state index contributed by atoms with van der Waals surface area (Å²) in [6.07, 6.45) is 0.558. The van der Waals surface area contributed by atoms with Gasteiger partial charge < -0.3 is 15.4 Å². The highest BCUT2D eigenvalue weighted by molar-refractivity contribution is 14.0. The van der Waals surface area contributed by atoms with E-state index in [0.717, 1.165) is 37.8 Å². The lowest BCUT2D eigenvalue weighted by atomic mass is 10.1. The van der Waals surface area contributed by atoms with E-state index in [0.29, 0.717) is 6.54 Å². The van der Waals surface area contributed by atoms with Gasteiger partial charge in [-0.05, 0) is 38.8 Å². The molecule has 3 rings (SSSR count). The number of morpholine rings is 1. The second-order valence-corrected chi connectivity index (χ2v) is 8.27. The molecular weight excluding hydrogens is 503 g/mol. The average Bonchev–Trinajstić information content (AvgIpc) is 2.94. The van der Waals surface area contributed by atoms with E-state index in [1.165, 1.54) is 22.4 Å². The monoisotopic (exact) mass is 540 g/mol. The van der Waals surface area contributed by atoms with Crippen LogP contribution >= 0.6 is 24.0 Å². The predicted octanol–water partition coefficient (Wildman–Crippen LogP) is 3.13. The highest BCUT2D eigenvalue weighted by Crippen LogP contribution is 2.17. The van der Waals surface area contributed by atoms with Gasteiger partial charge in [0.15, 0.2) is 5.96 Å². The second kappa shape index (κ2) is 11.8. The summed E-state index contributed by atoms with van der Waals surface area (Å²) in [5, 5.41) is 11.4. The number of nitrogens with one attached hydrogen (secondary N) is 2. The summed E-state index contributed by atoms with van der Waals surface area (Å²) >= 11 is 0. The van der Waals surface area contributed by atoms with Crippen LogP contribution in [0, 0.1) is 13.8 Å². The summed E-state index contributed by atoms with van der Waals surface area (Å²) in [5.74, 6) is 0.793. The van der Waals surface area contributed by atoms with E-state index >= 15 is 0 Å². The maximum absolute atomic E-state index is 5.88. The summed E-state index contributed by atoms with van der Waals surface area (Å²) in [7, 11) is 3.78. The normalized spacial score (nSPS) is 19.7. The average molecular weight is 540 g/mol. The maximum Gasteiger partial charge on any atom is 0.191 e. The second-order valence-electron chi connectivity index (χ2n) is 8.27. The number of aryl methyl sites for hydroxylation is 2. The molecule has 0 radical (unpaired) electrons. The SMILES string of the molecule is CN=C(NCc1ccccc1CN1CC(C)OC(C)C1)NCc1c(C)nn(C)c1C.I. The Morgan fingerprint density at radius 3 is 2.29 bits per heavy atom. The number of halogens is 1. The minimum absolute atomic E-state index is 0. The molecule has 1 aliphatic rings. The molecule has 2 atom stereocenters. The van der Waals surface area contributed by atoms with Crippen LogP contribution in [0.1, 0.15) is 41.9 Å². The lowest BCUT2D eigenvalue weighted by Crippen LogP contribution is -2.45. The van der Waals surface area contributed by atoms with E-state index in [4.69, 9.17) is 4.74 Å². The first-order chi connectivity index (χ1) is 14.4. The van der Waals surface area contributed by atoms with E-state index < -0.39 is 0 Å². The van der Waals surface area contributed by atoms with Crippen molar-refractivity contribution in [1.29, 1.82) is 0 Å². The van der Waals surface area contributed by atoms with Crippen LogP contribution < -0.4 is 10.6 Å². The number of aromatic nitrogens is 2. The highest BCUT2D eigenvalue weighted by atomic mass is 127. The number of hydrogen-bond donors (Lipinski definition) is 2. The third-order valence-electron chi connectivity index (χ3n) is 5.77. The summed E-state index contributed by atoms with van der Waals surface area (Å²) < 4.78 is 7.80. The fourth-order valence-electron chi connectivity index (χ4n) is 4.18. The fraction of sp³-hybridized carbons (Fsp3) is 0.565. The zero-order valence-corrected chi connectivity index (χ0v) is 21.9. The number of nitrogens with zero attached hydrogens (tertiary/aromatic N) is 4. The molecule has 1 saturated heterocycles. The van der Waals surface area contributed by atoms with Crippen LogP contribution in [0.3, 0.4) is 0 Å². The molecule has 0 spiro atoms. The van der Waals surface area contributed by atoms with Crippen LogP contribution in [0.2, 0.25) is 0 Å². The molecule has 172 valence electrons. The van der Waals surface area contributed by atoms with Gasteiger partial charge in [-0.3, -0.25) is 14.6 Å². The van der Waals surface area contributed by atoms with E-state index in [-0.39, 0.29) is 36.2 Å². The molecule has 0 bridgehead atoms. The van der Waals surface area contributed by atoms with Crippen molar-refractivity contribution in [3.8, 4) is 0 Å². The molecule has 1 aromatic carbocycles. The molecule has 0 aliphatic carbocycles. The molecule has 1 aliphatic heterocycles. The number of rotatable bonds is 6. The van der Waals surface area contributed by atoms with Crippen LogP contribution in [0.15, 0.2) is 29.3 Å². The van der Waals surface area contributed by atoms with Crippen LogP contribution in [0.4, 0.5) is 0 Å². The Hall–Kier alpha value is -1.65. The number of hydrogen-bond acceptors (Lipinski definition) is 4. The zero-order valence-electron chi connectivity index (χ0n) is 19.6. The van der Waals surface area contributed by atoms with Crippen molar-refractivity contribution < 1.29 is 4.74 Å². The molecule has 0 amide bonds. The van der Waals surface area contributed by atoms with Gasteiger partial charge in [-0.25, -0.2) is 0 Å². The Morgan fingerprint density at radius 2 is 1.71 bits per heavy atom. The summed E-state index contributed by atoms with van der Waals surface area (Å²) in [6.45, 7) is 12.8. The minimum atomic E-state index is 0. The summed E-state index contributed by atoms with van der Waals surface area (Å²) in [4.78, 5) is 6.87. The Morgan fingerprint density at radius 1 is 1.10 bits per heavy atom. The first-order valence-electron chi connectivity index (χ1n) is 10.8. The smallest absolute Gasteiger partial charge is 0.191 e. The Labute approximate surface area is 203 Å².